The summed E-state index contributed by atoms with van der Waals surface area (Å²) in [6.07, 6.45) is 4.23. The second-order valence-electron chi connectivity index (χ2n) is 2.41. The van der Waals surface area contributed by atoms with Gasteiger partial charge in [-0.15, -0.1) is 8.58 Å². The molecular formula is C7H17P. The van der Waals surface area contributed by atoms with Crippen LogP contribution < -0.4 is 0 Å². The van der Waals surface area contributed by atoms with Crippen LogP contribution >= 0.6 is 8.58 Å². The lowest BCUT2D eigenvalue weighted by molar-refractivity contribution is 0.548. The average Bonchev–Trinajstić information content (AvgIpc) is 1.83. The molecule has 8 heavy (non-hydrogen) atoms. The molecule has 0 N–H and O–H groups in total. The minimum atomic E-state index is 0.961. The Balaban J connectivity index is 2.86. The topological polar surface area (TPSA) is 0 Å². The van der Waals surface area contributed by atoms with E-state index in [1.807, 2.05) is 0 Å². The minimum Gasteiger partial charge on any atom is -0.125 e. The molecule has 0 aliphatic rings. The molecule has 0 saturated heterocycles. The normalized spacial score (nSPS) is 15.4. The van der Waals surface area contributed by atoms with E-state index in [2.05, 4.69) is 20.5 Å². The lowest BCUT2D eigenvalue weighted by Crippen LogP contribution is -1.91. The third-order valence-corrected chi connectivity index (χ3v) is 2.37. The van der Waals surface area contributed by atoms with Crippen LogP contribution in [0.3, 0.4) is 0 Å². The van der Waals surface area contributed by atoms with Crippen LogP contribution in [0.25, 0.3) is 0 Å². The van der Waals surface area contributed by atoms with Crippen molar-refractivity contribution >= 4 is 8.58 Å². The molecule has 1 heteroatoms. The Morgan fingerprint density at radius 1 is 1.50 bits per heavy atom. The molecule has 2 unspecified atom stereocenters. The molecule has 0 aliphatic heterocycles. The Morgan fingerprint density at radius 3 is 2.50 bits per heavy atom. The number of rotatable bonds is 4. The molecule has 0 rings (SSSR count). The fraction of sp³-hybridized carbons (Fsp3) is 1.00. The monoisotopic (exact) mass is 132 g/mol. The van der Waals surface area contributed by atoms with E-state index in [9.17, 15) is 0 Å². The van der Waals surface area contributed by atoms with Gasteiger partial charge < -0.3 is 0 Å². The molecule has 2 atom stereocenters. The van der Waals surface area contributed by atoms with Gasteiger partial charge in [0.2, 0.25) is 0 Å². The highest BCUT2D eigenvalue weighted by molar-refractivity contribution is 7.36. The standard InChI is InChI=1S/C7H17P/c1-4-7(2)5-6-8-3/h7-8H,4-6H2,1-3H3. The van der Waals surface area contributed by atoms with Crippen LogP contribution in [0.15, 0.2) is 0 Å². The largest absolute Gasteiger partial charge is 0.125 e. The van der Waals surface area contributed by atoms with Crippen LogP contribution in [0.1, 0.15) is 26.7 Å². The van der Waals surface area contributed by atoms with Crippen LogP contribution in [-0.4, -0.2) is 12.8 Å². The zero-order chi connectivity index (χ0) is 6.41. The second-order valence-corrected chi connectivity index (χ2v) is 3.61. The zero-order valence-electron chi connectivity index (χ0n) is 6.20. The van der Waals surface area contributed by atoms with Gasteiger partial charge in [0, 0.05) is 0 Å². The average molecular weight is 132 g/mol. The summed E-state index contributed by atoms with van der Waals surface area (Å²) in [5, 5.41) is 0. The first kappa shape index (κ1) is 8.43. The van der Waals surface area contributed by atoms with E-state index in [4.69, 9.17) is 0 Å². The van der Waals surface area contributed by atoms with Crippen LogP contribution in [-0.2, 0) is 0 Å². The van der Waals surface area contributed by atoms with Gasteiger partial charge in [0.25, 0.3) is 0 Å². The maximum Gasteiger partial charge on any atom is -0.0353 e. The smallest absolute Gasteiger partial charge is 0.0353 e. The summed E-state index contributed by atoms with van der Waals surface area (Å²) in [5.74, 6) is 0.961. The molecule has 0 saturated carbocycles. The SMILES string of the molecule is CCC(C)CCPC. The van der Waals surface area contributed by atoms with Gasteiger partial charge >= 0.3 is 0 Å². The van der Waals surface area contributed by atoms with Crippen LogP contribution in [0.4, 0.5) is 0 Å². The van der Waals surface area contributed by atoms with E-state index in [0.717, 1.165) is 14.5 Å². The lowest BCUT2D eigenvalue weighted by atomic mass is 10.1. The highest BCUT2D eigenvalue weighted by Crippen LogP contribution is 2.12. The Hall–Kier alpha value is 0.430. The highest BCUT2D eigenvalue weighted by Gasteiger charge is 1.94. The summed E-state index contributed by atoms with van der Waals surface area (Å²) in [4.78, 5) is 0. The molecule has 0 nitrogen and oxygen atoms in total. The molecule has 0 amide bonds. The van der Waals surface area contributed by atoms with Crippen molar-refractivity contribution in [3.8, 4) is 0 Å². The van der Waals surface area contributed by atoms with Gasteiger partial charge in [0.15, 0.2) is 0 Å². The van der Waals surface area contributed by atoms with Crippen molar-refractivity contribution in [1.82, 2.24) is 0 Å². The Morgan fingerprint density at radius 2 is 2.12 bits per heavy atom. The molecule has 0 bridgehead atoms. The van der Waals surface area contributed by atoms with Crippen LogP contribution in [0, 0.1) is 5.92 Å². The molecule has 0 aliphatic carbocycles. The summed E-state index contributed by atoms with van der Waals surface area (Å²) >= 11 is 0. The van der Waals surface area contributed by atoms with Gasteiger partial charge in [-0.25, -0.2) is 0 Å². The van der Waals surface area contributed by atoms with Crippen molar-refractivity contribution < 1.29 is 0 Å². The third-order valence-electron chi connectivity index (χ3n) is 1.58. The first-order valence-electron chi connectivity index (χ1n) is 3.45. The molecule has 50 valence electrons. The lowest BCUT2D eigenvalue weighted by Gasteiger charge is -2.04. The second kappa shape index (κ2) is 5.56. The van der Waals surface area contributed by atoms with E-state index in [1.54, 1.807) is 0 Å². The van der Waals surface area contributed by atoms with Gasteiger partial charge in [0.1, 0.15) is 0 Å². The van der Waals surface area contributed by atoms with Crippen LogP contribution in [0.5, 0.6) is 0 Å². The van der Waals surface area contributed by atoms with E-state index in [1.165, 1.54) is 19.0 Å². The van der Waals surface area contributed by atoms with Crippen molar-refractivity contribution in [2.24, 2.45) is 5.92 Å². The van der Waals surface area contributed by atoms with E-state index in [0.29, 0.717) is 0 Å². The number of hydrogen-bond donors (Lipinski definition) is 0. The maximum atomic E-state index is 2.33. The van der Waals surface area contributed by atoms with E-state index < -0.39 is 0 Å². The fourth-order valence-electron chi connectivity index (χ4n) is 0.595. The summed E-state index contributed by atoms with van der Waals surface area (Å²) in [6, 6.07) is 0. The quantitative estimate of drug-likeness (QED) is 0.516. The summed E-state index contributed by atoms with van der Waals surface area (Å²) < 4.78 is 0. The Bertz CT molecular complexity index is 43.7. The van der Waals surface area contributed by atoms with Gasteiger partial charge in [0.05, 0.1) is 0 Å². The van der Waals surface area contributed by atoms with E-state index in [-0.39, 0.29) is 0 Å². The maximum absolute atomic E-state index is 2.33. The van der Waals surface area contributed by atoms with Crippen molar-refractivity contribution in [2.75, 3.05) is 12.8 Å². The molecule has 0 aromatic rings. The van der Waals surface area contributed by atoms with Crippen molar-refractivity contribution in [1.29, 1.82) is 0 Å². The molecular weight excluding hydrogens is 115 g/mol. The fourth-order valence-corrected chi connectivity index (χ4v) is 1.38. The molecule has 0 spiro atoms. The van der Waals surface area contributed by atoms with Gasteiger partial charge in [-0.3, -0.25) is 0 Å². The predicted octanol–water partition coefficient (Wildman–Crippen LogP) is 2.73. The van der Waals surface area contributed by atoms with Gasteiger partial charge in [-0.1, -0.05) is 20.3 Å². The third kappa shape index (κ3) is 4.59. The van der Waals surface area contributed by atoms with E-state index >= 15 is 0 Å². The molecule has 0 aromatic carbocycles. The zero-order valence-corrected chi connectivity index (χ0v) is 7.20. The molecule has 0 fully saturated rings. The van der Waals surface area contributed by atoms with Crippen molar-refractivity contribution in [3.63, 3.8) is 0 Å². The molecule has 0 radical (unpaired) electrons. The van der Waals surface area contributed by atoms with Gasteiger partial charge in [-0.05, 0) is 25.2 Å². The summed E-state index contributed by atoms with van der Waals surface area (Å²) in [5.41, 5.74) is 0. The first-order chi connectivity index (χ1) is 3.81. The van der Waals surface area contributed by atoms with Crippen LogP contribution in [0.2, 0.25) is 0 Å². The molecule has 0 aromatic heterocycles. The minimum absolute atomic E-state index is 0.961. The predicted molar refractivity (Wildman–Crippen MR) is 43.2 cm³/mol. The number of hydrogen-bond acceptors (Lipinski definition) is 0. The molecule has 0 heterocycles. The van der Waals surface area contributed by atoms with Crippen molar-refractivity contribution in [2.45, 2.75) is 26.7 Å². The summed E-state index contributed by atoms with van der Waals surface area (Å²) in [7, 11) is 1.15. The highest BCUT2D eigenvalue weighted by atomic mass is 31.1. The Labute approximate surface area is 54.8 Å². The Kier molecular flexibility index (Phi) is 5.86. The van der Waals surface area contributed by atoms with Gasteiger partial charge in [-0.2, -0.15) is 0 Å². The first-order valence-corrected chi connectivity index (χ1v) is 5.16. The van der Waals surface area contributed by atoms with Crippen molar-refractivity contribution in [3.05, 3.63) is 0 Å². The summed E-state index contributed by atoms with van der Waals surface area (Å²) in [6.45, 7) is 6.88.